The summed E-state index contributed by atoms with van der Waals surface area (Å²) in [6, 6.07) is 5.63. The quantitative estimate of drug-likeness (QED) is 0.699. The summed E-state index contributed by atoms with van der Waals surface area (Å²) in [5.74, 6) is 0.211. The van der Waals surface area contributed by atoms with Gasteiger partial charge in [-0.2, -0.15) is 5.26 Å². The lowest BCUT2D eigenvalue weighted by Gasteiger charge is -2.31. The first kappa shape index (κ1) is 10.6. The highest BCUT2D eigenvalue weighted by molar-refractivity contribution is 5.55. The molecule has 0 N–H and O–H groups in total. The number of anilines is 1. The normalized spacial score (nSPS) is 16.8. The summed E-state index contributed by atoms with van der Waals surface area (Å²) in [7, 11) is 0. The summed E-state index contributed by atoms with van der Waals surface area (Å²) in [5, 5.41) is 8.64. The molecule has 0 saturated carbocycles. The molecule has 1 fully saturated rings. The van der Waals surface area contributed by atoms with Gasteiger partial charge in [-0.25, -0.2) is 4.98 Å². The maximum atomic E-state index is 10.6. The predicted octanol–water partition coefficient (Wildman–Crippen LogP) is 1.37. The molecule has 2 heterocycles. The number of nitrogens with zero attached hydrogens (tertiary/aromatic N) is 3. The molecule has 0 aliphatic carbocycles. The minimum Gasteiger partial charge on any atom is -0.370 e. The Kier molecular flexibility index (Phi) is 3.16. The fourth-order valence-corrected chi connectivity index (χ4v) is 1.93. The molecule has 1 aromatic rings. The molecule has 0 bridgehead atoms. The highest BCUT2D eigenvalue weighted by Gasteiger charge is 2.18. The molecule has 1 aliphatic rings. The number of rotatable bonds is 2. The van der Waals surface area contributed by atoms with Gasteiger partial charge >= 0.3 is 0 Å². The summed E-state index contributed by atoms with van der Waals surface area (Å²) in [6.45, 7) is 1.77. The Morgan fingerprint density at radius 1 is 1.44 bits per heavy atom. The molecular formula is C12H13N3O. The second-order valence-corrected chi connectivity index (χ2v) is 3.97. The van der Waals surface area contributed by atoms with E-state index in [1.807, 2.05) is 12.1 Å². The van der Waals surface area contributed by atoms with Crippen LogP contribution in [0.15, 0.2) is 18.3 Å². The van der Waals surface area contributed by atoms with Gasteiger partial charge < -0.3 is 9.69 Å². The second kappa shape index (κ2) is 4.75. The Bertz CT molecular complexity index is 399. The Labute approximate surface area is 94.5 Å². The molecule has 82 valence electrons. The lowest BCUT2D eigenvalue weighted by atomic mass is 9.98. The maximum absolute atomic E-state index is 10.6. The molecule has 0 unspecified atom stereocenters. The molecule has 2 rings (SSSR count). The number of pyridine rings is 1. The Balaban J connectivity index is 2.03. The van der Waals surface area contributed by atoms with E-state index >= 15 is 0 Å². The van der Waals surface area contributed by atoms with Gasteiger partial charge in [0.2, 0.25) is 0 Å². The molecule has 1 aliphatic heterocycles. The third kappa shape index (κ3) is 2.19. The van der Waals surface area contributed by atoms with E-state index in [1.54, 1.807) is 12.3 Å². The number of hydrogen-bond donors (Lipinski definition) is 0. The highest BCUT2D eigenvalue weighted by atomic mass is 16.1. The molecule has 1 saturated heterocycles. The molecule has 1 aromatic heterocycles. The first-order chi connectivity index (χ1) is 7.83. The minimum absolute atomic E-state index is 0.211. The van der Waals surface area contributed by atoms with Crippen LogP contribution in [0.2, 0.25) is 0 Å². The molecule has 0 spiro atoms. The van der Waals surface area contributed by atoms with E-state index in [4.69, 9.17) is 5.26 Å². The van der Waals surface area contributed by atoms with Crippen LogP contribution in [0.5, 0.6) is 0 Å². The van der Waals surface area contributed by atoms with Gasteiger partial charge in [0, 0.05) is 19.0 Å². The smallest absolute Gasteiger partial charge is 0.140 e. The van der Waals surface area contributed by atoms with Gasteiger partial charge in [0.15, 0.2) is 0 Å². The number of carbonyl (C=O) groups excluding carboxylic acids is 1. The zero-order valence-electron chi connectivity index (χ0n) is 8.97. The van der Waals surface area contributed by atoms with Crippen molar-refractivity contribution >= 4 is 12.0 Å². The van der Waals surface area contributed by atoms with Crippen molar-refractivity contribution in [3.63, 3.8) is 0 Å². The van der Waals surface area contributed by atoms with E-state index in [0.717, 1.165) is 37.9 Å². The van der Waals surface area contributed by atoms with Crippen molar-refractivity contribution in [1.29, 1.82) is 5.26 Å². The lowest BCUT2D eigenvalue weighted by molar-refractivity contribution is -0.111. The fourth-order valence-electron chi connectivity index (χ4n) is 1.93. The Morgan fingerprint density at radius 3 is 2.69 bits per heavy atom. The van der Waals surface area contributed by atoms with Gasteiger partial charge in [-0.15, -0.1) is 0 Å². The van der Waals surface area contributed by atoms with Crippen LogP contribution in [0.3, 0.4) is 0 Å². The third-order valence-corrected chi connectivity index (χ3v) is 2.96. The zero-order chi connectivity index (χ0) is 11.4. The van der Waals surface area contributed by atoms with E-state index < -0.39 is 0 Å². The Morgan fingerprint density at radius 2 is 2.19 bits per heavy atom. The minimum atomic E-state index is 0.211. The fraction of sp³-hybridized carbons (Fsp3) is 0.417. The van der Waals surface area contributed by atoms with Crippen LogP contribution in [0.25, 0.3) is 0 Å². The van der Waals surface area contributed by atoms with E-state index in [9.17, 15) is 4.79 Å². The van der Waals surface area contributed by atoms with Crippen molar-refractivity contribution in [2.45, 2.75) is 12.8 Å². The van der Waals surface area contributed by atoms with Crippen molar-refractivity contribution in [3.05, 3.63) is 24.0 Å². The SMILES string of the molecule is N#Cc1ccc(N2CCC(C=O)CC2)cn1. The monoisotopic (exact) mass is 215 g/mol. The molecule has 4 nitrogen and oxygen atoms in total. The van der Waals surface area contributed by atoms with E-state index in [-0.39, 0.29) is 5.92 Å². The predicted molar refractivity (Wildman–Crippen MR) is 60.0 cm³/mol. The number of aldehydes is 1. The van der Waals surface area contributed by atoms with Crippen LogP contribution in [0, 0.1) is 17.2 Å². The highest BCUT2D eigenvalue weighted by Crippen LogP contribution is 2.21. The Hall–Kier alpha value is -1.89. The molecule has 0 radical (unpaired) electrons. The lowest BCUT2D eigenvalue weighted by Crippen LogP contribution is -2.34. The van der Waals surface area contributed by atoms with Crippen LogP contribution < -0.4 is 4.90 Å². The van der Waals surface area contributed by atoms with E-state index in [0.29, 0.717) is 5.69 Å². The topological polar surface area (TPSA) is 57.0 Å². The van der Waals surface area contributed by atoms with E-state index in [1.165, 1.54) is 0 Å². The van der Waals surface area contributed by atoms with Crippen molar-refractivity contribution in [1.82, 2.24) is 4.98 Å². The van der Waals surface area contributed by atoms with Crippen molar-refractivity contribution in [2.24, 2.45) is 5.92 Å². The molecular weight excluding hydrogens is 202 g/mol. The van der Waals surface area contributed by atoms with Crippen molar-refractivity contribution in [2.75, 3.05) is 18.0 Å². The number of nitriles is 1. The van der Waals surface area contributed by atoms with Crippen LogP contribution >= 0.6 is 0 Å². The maximum Gasteiger partial charge on any atom is 0.140 e. The largest absolute Gasteiger partial charge is 0.370 e. The number of hydrogen-bond acceptors (Lipinski definition) is 4. The van der Waals surface area contributed by atoms with Crippen LogP contribution in [-0.2, 0) is 4.79 Å². The van der Waals surface area contributed by atoms with Gasteiger partial charge in [-0.3, -0.25) is 0 Å². The van der Waals surface area contributed by atoms with Crippen molar-refractivity contribution in [3.8, 4) is 6.07 Å². The van der Waals surface area contributed by atoms with Crippen LogP contribution in [0.4, 0.5) is 5.69 Å². The first-order valence-corrected chi connectivity index (χ1v) is 5.40. The van der Waals surface area contributed by atoms with Crippen LogP contribution in [0.1, 0.15) is 18.5 Å². The van der Waals surface area contributed by atoms with Gasteiger partial charge in [0.05, 0.1) is 11.9 Å². The summed E-state index contributed by atoms with van der Waals surface area (Å²) in [4.78, 5) is 16.9. The van der Waals surface area contributed by atoms with Gasteiger partial charge in [-0.1, -0.05) is 0 Å². The van der Waals surface area contributed by atoms with Gasteiger partial charge in [0.1, 0.15) is 18.0 Å². The van der Waals surface area contributed by atoms with Gasteiger partial charge in [0.25, 0.3) is 0 Å². The summed E-state index contributed by atoms with van der Waals surface area (Å²) in [5.41, 5.74) is 1.47. The van der Waals surface area contributed by atoms with Gasteiger partial charge in [-0.05, 0) is 25.0 Å². The molecule has 4 heteroatoms. The molecule has 0 aromatic carbocycles. The zero-order valence-corrected chi connectivity index (χ0v) is 8.97. The molecule has 0 atom stereocenters. The molecule has 0 amide bonds. The van der Waals surface area contributed by atoms with Crippen LogP contribution in [-0.4, -0.2) is 24.4 Å². The number of carbonyl (C=O) groups is 1. The number of aromatic nitrogens is 1. The second-order valence-electron chi connectivity index (χ2n) is 3.97. The summed E-state index contributed by atoms with van der Waals surface area (Å²) >= 11 is 0. The average Bonchev–Trinajstić information content (AvgIpc) is 2.39. The van der Waals surface area contributed by atoms with Crippen molar-refractivity contribution < 1.29 is 4.79 Å². The number of piperidine rings is 1. The third-order valence-electron chi connectivity index (χ3n) is 2.96. The first-order valence-electron chi connectivity index (χ1n) is 5.40. The average molecular weight is 215 g/mol. The summed E-state index contributed by atoms with van der Waals surface area (Å²) < 4.78 is 0. The molecule has 16 heavy (non-hydrogen) atoms. The summed E-state index contributed by atoms with van der Waals surface area (Å²) in [6.07, 6.45) is 4.58. The standard InChI is InChI=1S/C12H13N3O/c13-7-11-1-2-12(8-14-11)15-5-3-10(9-16)4-6-15/h1-2,8-10H,3-6H2. The van der Waals surface area contributed by atoms with E-state index in [2.05, 4.69) is 9.88 Å².